The van der Waals surface area contributed by atoms with E-state index in [1.165, 1.54) is 6.07 Å². The van der Waals surface area contributed by atoms with Gasteiger partial charge in [0.05, 0.1) is 17.0 Å². The van der Waals surface area contributed by atoms with Crippen molar-refractivity contribution < 1.29 is 14.4 Å². The minimum atomic E-state index is -1.40. The van der Waals surface area contributed by atoms with Crippen LogP contribution >= 0.6 is 23.2 Å². The van der Waals surface area contributed by atoms with Crippen molar-refractivity contribution >= 4 is 57.6 Å². The third kappa shape index (κ3) is 3.59. The Balaban J connectivity index is 1.57. The summed E-state index contributed by atoms with van der Waals surface area (Å²) in [5, 5.41) is 3.61. The number of nitrogens with one attached hydrogen (secondary N) is 1. The summed E-state index contributed by atoms with van der Waals surface area (Å²) >= 11 is 12.8. The number of nitrogens with zero attached hydrogens (tertiary/aromatic N) is 1. The lowest BCUT2D eigenvalue weighted by Gasteiger charge is -2.39. The molecule has 0 aliphatic carbocycles. The number of halogens is 2. The van der Waals surface area contributed by atoms with Crippen molar-refractivity contribution in [3.8, 4) is 0 Å². The molecular formula is C34H24Cl2N2O3. The highest BCUT2D eigenvalue weighted by molar-refractivity contribution is 6.37. The van der Waals surface area contributed by atoms with Crippen LogP contribution in [0, 0.1) is 5.92 Å². The van der Waals surface area contributed by atoms with Crippen LogP contribution in [-0.4, -0.2) is 29.6 Å². The summed E-state index contributed by atoms with van der Waals surface area (Å²) in [4.78, 5) is 45.9. The van der Waals surface area contributed by atoms with Crippen LogP contribution in [0.15, 0.2) is 103 Å². The monoisotopic (exact) mass is 578 g/mol. The van der Waals surface area contributed by atoms with Crippen molar-refractivity contribution in [3.05, 3.63) is 135 Å². The van der Waals surface area contributed by atoms with Gasteiger partial charge in [-0.25, -0.2) is 0 Å². The number of hydrogen-bond acceptors (Lipinski definition) is 4. The Kier molecular flexibility index (Phi) is 5.93. The average Bonchev–Trinajstić information content (AvgIpc) is 3.45. The number of anilines is 2. The number of carbonyl (C=O) groups excluding carboxylic acids is 3. The van der Waals surface area contributed by atoms with E-state index < -0.39 is 23.4 Å². The van der Waals surface area contributed by atoms with Gasteiger partial charge in [-0.05, 0) is 48.4 Å². The minimum absolute atomic E-state index is 0.173. The molecule has 7 heteroatoms. The van der Waals surface area contributed by atoms with Gasteiger partial charge in [0.1, 0.15) is 11.5 Å². The molecule has 0 saturated carbocycles. The van der Waals surface area contributed by atoms with Gasteiger partial charge in [-0.2, -0.15) is 0 Å². The van der Waals surface area contributed by atoms with E-state index >= 15 is 0 Å². The second-order valence-corrected chi connectivity index (χ2v) is 11.6. The van der Waals surface area contributed by atoms with Crippen LogP contribution < -0.4 is 10.2 Å². The summed E-state index contributed by atoms with van der Waals surface area (Å²) in [6, 6.07) is 27.3. The number of hydrogen-bond donors (Lipinski definition) is 1. The number of rotatable bonds is 4. The molecule has 4 aromatic rings. The van der Waals surface area contributed by atoms with E-state index in [0.29, 0.717) is 21.8 Å². The molecule has 1 N–H and O–H groups in total. The molecule has 0 aromatic heterocycles. The Morgan fingerprint density at radius 3 is 2.34 bits per heavy atom. The van der Waals surface area contributed by atoms with Gasteiger partial charge in [-0.3, -0.25) is 14.4 Å². The molecule has 0 radical (unpaired) electrons. The zero-order chi connectivity index (χ0) is 28.5. The maximum Gasteiger partial charge on any atom is 0.238 e. The first-order chi connectivity index (χ1) is 19.8. The van der Waals surface area contributed by atoms with Crippen LogP contribution in [0.4, 0.5) is 11.4 Å². The van der Waals surface area contributed by atoms with Crippen LogP contribution in [0.5, 0.6) is 0 Å². The molecule has 1 spiro atoms. The normalized spacial score (nSPS) is 23.9. The number of Topliss-reactive ketones (excluding diaryl/α,β-unsaturated/α-hetero) is 2. The van der Waals surface area contributed by atoms with Gasteiger partial charge >= 0.3 is 0 Å². The Bertz CT molecular complexity index is 1800. The summed E-state index contributed by atoms with van der Waals surface area (Å²) in [6.07, 6.45) is 2.03. The standard InChI is InChI=1S/C34H24Cl2N2O3/c1-19-17-28-34(24-12-6-7-13-26(24)37-33(34)41)29(32(40)23-16-15-21(35)18-25(23)36)30(31(39)20-9-3-2-4-10-20)38(28)27-14-8-5-11-22(19)27/h2-18,28-30H,1H3,(H,37,41)/t28-,29-,30+,34-/m0/s1. The molecule has 202 valence electrons. The Labute approximate surface area is 247 Å². The second-order valence-electron chi connectivity index (χ2n) is 10.7. The van der Waals surface area contributed by atoms with E-state index in [1.807, 2.05) is 72.5 Å². The van der Waals surface area contributed by atoms with E-state index in [9.17, 15) is 14.4 Å². The average molecular weight is 579 g/mol. The molecule has 3 aliphatic heterocycles. The number of para-hydroxylation sites is 2. The molecule has 3 heterocycles. The predicted octanol–water partition coefficient (Wildman–Crippen LogP) is 7.24. The summed E-state index contributed by atoms with van der Waals surface area (Å²) in [5.74, 6) is -2.04. The van der Waals surface area contributed by atoms with Gasteiger partial charge in [0, 0.05) is 33.1 Å². The lowest BCUT2D eigenvalue weighted by molar-refractivity contribution is -0.121. The zero-order valence-corrected chi connectivity index (χ0v) is 23.5. The summed E-state index contributed by atoms with van der Waals surface area (Å²) < 4.78 is 0. The molecule has 0 bridgehead atoms. The highest BCUT2D eigenvalue weighted by Gasteiger charge is 2.70. The van der Waals surface area contributed by atoms with Crippen molar-refractivity contribution in [1.82, 2.24) is 0 Å². The SMILES string of the molecule is CC1=C[C@@H]2N(c3ccccc31)[C@@H](C(=O)c1ccccc1)[C@@H](C(=O)c1ccc(Cl)cc1Cl)[C@@]21C(=O)Nc2ccccc21. The van der Waals surface area contributed by atoms with Crippen LogP contribution in [0.3, 0.4) is 0 Å². The predicted molar refractivity (Wildman–Crippen MR) is 162 cm³/mol. The number of benzene rings is 4. The van der Waals surface area contributed by atoms with Gasteiger partial charge in [0.25, 0.3) is 0 Å². The fourth-order valence-corrected chi connectivity index (χ4v) is 7.52. The lowest BCUT2D eigenvalue weighted by atomic mass is 9.64. The number of fused-ring (bicyclic) bond motifs is 6. The van der Waals surface area contributed by atoms with Crippen molar-refractivity contribution in [1.29, 1.82) is 0 Å². The van der Waals surface area contributed by atoms with Crippen LogP contribution in [-0.2, 0) is 10.2 Å². The van der Waals surface area contributed by atoms with Crippen LogP contribution in [0.2, 0.25) is 10.0 Å². The molecule has 41 heavy (non-hydrogen) atoms. The number of allylic oxidation sites excluding steroid dienone is 1. The number of carbonyl (C=O) groups is 3. The summed E-state index contributed by atoms with van der Waals surface area (Å²) in [5.41, 5.74) is 3.34. The molecule has 4 atom stereocenters. The van der Waals surface area contributed by atoms with Gasteiger partial charge in [0.15, 0.2) is 11.6 Å². The Morgan fingerprint density at radius 2 is 1.56 bits per heavy atom. The smallest absolute Gasteiger partial charge is 0.238 e. The first-order valence-electron chi connectivity index (χ1n) is 13.4. The fourth-order valence-electron chi connectivity index (χ4n) is 7.02. The minimum Gasteiger partial charge on any atom is -0.352 e. The maximum atomic E-state index is 14.9. The first-order valence-corrected chi connectivity index (χ1v) is 14.1. The first kappa shape index (κ1) is 25.8. The third-order valence-electron chi connectivity index (χ3n) is 8.69. The van der Waals surface area contributed by atoms with Gasteiger partial charge < -0.3 is 10.2 Å². The van der Waals surface area contributed by atoms with Crippen molar-refractivity contribution in [2.45, 2.75) is 24.4 Å². The lowest BCUT2D eigenvalue weighted by Crippen LogP contribution is -2.51. The summed E-state index contributed by atoms with van der Waals surface area (Å²) in [6.45, 7) is 2.00. The molecule has 0 unspecified atom stereocenters. The third-order valence-corrected chi connectivity index (χ3v) is 9.24. The number of amides is 1. The highest BCUT2D eigenvalue weighted by atomic mass is 35.5. The Hall–Kier alpha value is -4.19. The fraction of sp³-hybridized carbons (Fsp3) is 0.147. The molecule has 7 rings (SSSR count). The van der Waals surface area contributed by atoms with E-state index in [-0.39, 0.29) is 28.1 Å². The molecule has 1 amide bonds. The largest absolute Gasteiger partial charge is 0.352 e. The maximum absolute atomic E-state index is 14.9. The quantitative estimate of drug-likeness (QED) is 0.259. The molecular weight excluding hydrogens is 555 g/mol. The van der Waals surface area contributed by atoms with Crippen molar-refractivity contribution in [2.75, 3.05) is 10.2 Å². The van der Waals surface area contributed by atoms with E-state index in [2.05, 4.69) is 5.32 Å². The van der Waals surface area contributed by atoms with Crippen LogP contribution in [0.1, 0.15) is 38.8 Å². The molecule has 5 nitrogen and oxygen atoms in total. The van der Waals surface area contributed by atoms with Gasteiger partial charge in [-0.15, -0.1) is 0 Å². The van der Waals surface area contributed by atoms with Gasteiger partial charge in [-0.1, -0.05) is 96.0 Å². The molecule has 4 aromatic carbocycles. The zero-order valence-electron chi connectivity index (χ0n) is 22.0. The molecule has 1 saturated heterocycles. The van der Waals surface area contributed by atoms with E-state index in [4.69, 9.17) is 23.2 Å². The van der Waals surface area contributed by atoms with Crippen molar-refractivity contribution in [2.24, 2.45) is 5.92 Å². The van der Waals surface area contributed by atoms with Crippen LogP contribution in [0.25, 0.3) is 5.57 Å². The van der Waals surface area contributed by atoms with E-state index in [0.717, 1.165) is 16.8 Å². The Morgan fingerprint density at radius 1 is 0.854 bits per heavy atom. The highest BCUT2D eigenvalue weighted by Crippen LogP contribution is 2.59. The van der Waals surface area contributed by atoms with Crippen molar-refractivity contribution in [3.63, 3.8) is 0 Å². The second kappa shape index (κ2) is 9.44. The summed E-state index contributed by atoms with van der Waals surface area (Å²) in [7, 11) is 0. The number of ketones is 2. The van der Waals surface area contributed by atoms with Gasteiger partial charge in [0.2, 0.25) is 5.91 Å². The topological polar surface area (TPSA) is 66.5 Å². The molecule has 3 aliphatic rings. The van der Waals surface area contributed by atoms with E-state index in [1.54, 1.807) is 36.4 Å². The molecule has 1 fully saturated rings.